The van der Waals surface area contributed by atoms with Gasteiger partial charge in [0.25, 0.3) is 0 Å². The molecule has 3 rings (SSSR count). The minimum Gasteiger partial charge on any atom is -0.357 e. The Labute approximate surface area is 166 Å². The number of pyridine rings is 1. The van der Waals surface area contributed by atoms with Crippen molar-refractivity contribution in [2.45, 2.75) is 13.5 Å². The van der Waals surface area contributed by atoms with E-state index in [1.54, 1.807) is 0 Å². The summed E-state index contributed by atoms with van der Waals surface area (Å²) in [5.41, 5.74) is 1.11. The summed E-state index contributed by atoms with van der Waals surface area (Å²) >= 11 is 0. The number of guanidine groups is 1. The molecule has 0 saturated carbocycles. The lowest BCUT2D eigenvalue weighted by molar-refractivity contribution is 0.371. The van der Waals surface area contributed by atoms with Crippen LogP contribution in [0.4, 0.5) is 5.82 Å². The van der Waals surface area contributed by atoms with Crippen molar-refractivity contribution in [3.05, 3.63) is 42.4 Å². The molecule has 0 aliphatic carbocycles. The van der Waals surface area contributed by atoms with E-state index in [1.165, 1.54) is 0 Å². The van der Waals surface area contributed by atoms with Crippen molar-refractivity contribution < 1.29 is 0 Å². The van der Waals surface area contributed by atoms with E-state index < -0.39 is 0 Å². The Hall–Kier alpha value is -1.84. The zero-order chi connectivity index (χ0) is 16.8. The van der Waals surface area contributed by atoms with Gasteiger partial charge in [-0.05, 0) is 25.1 Å². The Morgan fingerprint density at radius 2 is 1.96 bits per heavy atom. The van der Waals surface area contributed by atoms with Crippen LogP contribution in [0.5, 0.6) is 0 Å². The van der Waals surface area contributed by atoms with Crippen LogP contribution in [-0.2, 0) is 13.6 Å². The first-order valence-electron chi connectivity index (χ1n) is 8.44. The van der Waals surface area contributed by atoms with Gasteiger partial charge >= 0.3 is 0 Å². The van der Waals surface area contributed by atoms with Crippen molar-refractivity contribution in [1.29, 1.82) is 0 Å². The topological polar surface area (TPSA) is 61.6 Å². The summed E-state index contributed by atoms with van der Waals surface area (Å²) in [5, 5.41) is 7.60. The van der Waals surface area contributed by atoms with Gasteiger partial charge in [0.1, 0.15) is 5.82 Å². The molecule has 1 saturated heterocycles. The number of nitrogens with one attached hydrogen (secondary N) is 1. The molecule has 0 atom stereocenters. The number of hydrogen-bond acceptors (Lipinski definition) is 4. The third kappa shape index (κ3) is 5.07. The molecule has 0 unspecified atom stereocenters. The van der Waals surface area contributed by atoms with Crippen molar-refractivity contribution in [1.82, 2.24) is 25.0 Å². The molecule has 2 aromatic heterocycles. The normalized spacial score (nSPS) is 15.0. The van der Waals surface area contributed by atoms with Crippen LogP contribution in [0, 0.1) is 0 Å². The average Bonchev–Trinajstić information content (AvgIpc) is 3.04. The highest BCUT2D eigenvalue weighted by Gasteiger charge is 2.20. The van der Waals surface area contributed by atoms with Crippen molar-refractivity contribution in [2.75, 3.05) is 37.6 Å². The van der Waals surface area contributed by atoms with Gasteiger partial charge in [-0.1, -0.05) is 6.07 Å². The fourth-order valence-corrected chi connectivity index (χ4v) is 2.83. The van der Waals surface area contributed by atoms with Gasteiger partial charge in [0.05, 0.1) is 12.2 Å². The highest BCUT2D eigenvalue weighted by Crippen LogP contribution is 2.12. The smallest absolute Gasteiger partial charge is 0.194 e. The van der Waals surface area contributed by atoms with Crippen LogP contribution in [0.25, 0.3) is 0 Å². The molecular formula is C17H26IN7. The van der Waals surface area contributed by atoms with E-state index >= 15 is 0 Å². The second-order valence-corrected chi connectivity index (χ2v) is 5.78. The minimum atomic E-state index is 0. The summed E-state index contributed by atoms with van der Waals surface area (Å²) in [7, 11) is 1.95. The van der Waals surface area contributed by atoms with Crippen molar-refractivity contribution in [3.63, 3.8) is 0 Å². The molecule has 8 heteroatoms. The van der Waals surface area contributed by atoms with E-state index in [2.05, 4.69) is 38.2 Å². The van der Waals surface area contributed by atoms with E-state index in [1.807, 2.05) is 42.3 Å². The number of piperazine rings is 1. The van der Waals surface area contributed by atoms with Gasteiger partial charge in [-0.3, -0.25) is 4.68 Å². The van der Waals surface area contributed by atoms with Crippen LogP contribution < -0.4 is 10.2 Å². The summed E-state index contributed by atoms with van der Waals surface area (Å²) in [6.45, 7) is 7.38. The maximum atomic E-state index is 4.77. The molecule has 0 bridgehead atoms. The summed E-state index contributed by atoms with van der Waals surface area (Å²) in [5.74, 6) is 2.02. The van der Waals surface area contributed by atoms with Gasteiger partial charge in [-0.2, -0.15) is 5.10 Å². The highest BCUT2D eigenvalue weighted by atomic mass is 127. The Morgan fingerprint density at radius 3 is 2.56 bits per heavy atom. The van der Waals surface area contributed by atoms with E-state index in [9.17, 15) is 0 Å². The summed E-state index contributed by atoms with van der Waals surface area (Å²) in [4.78, 5) is 13.9. The number of halogens is 1. The van der Waals surface area contributed by atoms with Crippen LogP contribution in [-0.4, -0.2) is 58.3 Å². The highest BCUT2D eigenvalue weighted by molar-refractivity contribution is 14.0. The number of hydrogen-bond donors (Lipinski definition) is 1. The van der Waals surface area contributed by atoms with Gasteiger partial charge in [0, 0.05) is 52.2 Å². The van der Waals surface area contributed by atoms with E-state index in [4.69, 9.17) is 4.99 Å². The van der Waals surface area contributed by atoms with Crippen LogP contribution in [0.15, 0.2) is 41.7 Å². The van der Waals surface area contributed by atoms with Gasteiger partial charge < -0.3 is 15.1 Å². The van der Waals surface area contributed by atoms with E-state index in [0.29, 0.717) is 6.54 Å². The third-order valence-corrected chi connectivity index (χ3v) is 4.20. The fourth-order valence-electron chi connectivity index (χ4n) is 2.83. The number of aliphatic imine (C=N–C) groups is 1. The summed E-state index contributed by atoms with van der Waals surface area (Å²) < 4.78 is 1.87. The van der Waals surface area contributed by atoms with Crippen molar-refractivity contribution >= 4 is 35.8 Å². The largest absolute Gasteiger partial charge is 0.357 e. The van der Waals surface area contributed by atoms with Crippen LogP contribution in [0.2, 0.25) is 0 Å². The molecule has 25 heavy (non-hydrogen) atoms. The second-order valence-electron chi connectivity index (χ2n) is 5.78. The van der Waals surface area contributed by atoms with Gasteiger partial charge in [-0.15, -0.1) is 24.0 Å². The number of rotatable bonds is 4. The molecule has 7 nitrogen and oxygen atoms in total. The third-order valence-electron chi connectivity index (χ3n) is 4.20. The van der Waals surface area contributed by atoms with Gasteiger partial charge in [-0.25, -0.2) is 9.98 Å². The van der Waals surface area contributed by atoms with Crippen molar-refractivity contribution in [3.8, 4) is 0 Å². The van der Waals surface area contributed by atoms with Crippen molar-refractivity contribution in [2.24, 2.45) is 12.0 Å². The zero-order valence-corrected chi connectivity index (χ0v) is 17.1. The molecule has 1 N–H and O–H groups in total. The van der Waals surface area contributed by atoms with E-state index in [0.717, 1.165) is 50.2 Å². The summed E-state index contributed by atoms with van der Waals surface area (Å²) in [6.07, 6.45) is 3.66. The molecule has 1 aliphatic heterocycles. The molecule has 2 aromatic rings. The number of anilines is 1. The zero-order valence-electron chi connectivity index (χ0n) is 14.8. The Kier molecular flexibility index (Phi) is 7.48. The quantitative estimate of drug-likeness (QED) is 0.432. The molecule has 1 aliphatic rings. The SMILES string of the molecule is CCNC(=NCc1ccnn1C)N1CCN(c2ccccn2)CC1.I. The van der Waals surface area contributed by atoms with Gasteiger partial charge in [0.2, 0.25) is 0 Å². The van der Waals surface area contributed by atoms with Crippen LogP contribution >= 0.6 is 24.0 Å². The van der Waals surface area contributed by atoms with E-state index in [-0.39, 0.29) is 24.0 Å². The first-order valence-corrected chi connectivity index (χ1v) is 8.44. The first kappa shape index (κ1) is 19.5. The first-order chi connectivity index (χ1) is 11.8. The minimum absolute atomic E-state index is 0. The summed E-state index contributed by atoms with van der Waals surface area (Å²) in [6, 6.07) is 8.06. The molecule has 0 radical (unpaired) electrons. The molecule has 3 heterocycles. The lowest BCUT2D eigenvalue weighted by Crippen LogP contribution is -2.52. The molecule has 0 amide bonds. The molecule has 0 aromatic carbocycles. The molecule has 1 fully saturated rings. The maximum absolute atomic E-state index is 4.77. The van der Waals surface area contributed by atoms with Crippen LogP contribution in [0.1, 0.15) is 12.6 Å². The molecular weight excluding hydrogens is 429 g/mol. The number of aromatic nitrogens is 3. The molecule has 0 spiro atoms. The molecule has 136 valence electrons. The number of aryl methyl sites for hydroxylation is 1. The lowest BCUT2D eigenvalue weighted by Gasteiger charge is -2.37. The Balaban J connectivity index is 0.00000225. The van der Waals surface area contributed by atoms with Gasteiger partial charge in [0.15, 0.2) is 5.96 Å². The standard InChI is InChI=1S/C17H25N7.HI/c1-3-18-17(20-14-15-7-9-21-22(15)2)24-12-10-23(11-13-24)16-6-4-5-8-19-16;/h4-9H,3,10-14H2,1-2H3,(H,18,20);1H. The lowest BCUT2D eigenvalue weighted by atomic mass is 10.3. The predicted molar refractivity (Wildman–Crippen MR) is 111 cm³/mol. The maximum Gasteiger partial charge on any atom is 0.194 e. The fraction of sp³-hybridized carbons (Fsp3) is 0.471. The predicted octanol–water partition coefficient (Wildman–Crippen LogP) is 1.72. The second kappa shape index (κ2) is 9.59. The Morgan fingerprint density at radius 1 is 1.16 bits per heavy atom. The monoisotopic (exact) mass is 455 g/mol. The Bertz CT molecular complexity index is 663. The number of nitrogens with zero attached hydrogens (tertiary/aromatic N) is 6. The van der Waals surface area contributed by atoms with Crippen LogP contribution in [0.3, 0.4) is 0 Å². The average molecular weight is 455 g/mol.